The first-order valence-corrected chi connectivity index (χ1v) is 14.5. The predicted molar refractivity (Wildman–Crippen MR) is 159 cm³/mol. The highest BCUT2D eigenvalue weighted by Crippen LogP contribution is 2.54. The Hall–Kier alpha value is -3.19. The van der Waals surface area contributed by atoms with E-state index in [-0.39, 0.29) is 5.41 Å². The molecule has 0 saturated heterocycles. The van der Waals surface area contributed by atoms with Gasteiger partial charge in [0.1, 0.15) is 0 Å². The van der Waals surface area contributed by atoms with Gasteiger partial charge < -0.3 is 0 Å². The first kappa shape index (κ1) is 25.5. The zero-order chi connectivity index (χ0) is 25.5. The van der Waals surface area contributed by atoms with Crippen molar-refractivity contribution in [2.24, 2.45) is 0 Å². The van der Waals surface area contributed by atoms with Crippen molar-refractivity contribution in [3.63, 3.8) is 0 Å². The molecule has 0 spiro atoms. The number of rotatable bonds is 12. The van der Waals surface area contributed by atoms with Gasteiger partial charge in [0.2, 0.25) is 0 Å². The normalized spacial score (nSPS) is 13.4. The molecule has 1 heterocycles. The Labute approximate surface area is 224 Å². The highest BCUT2D eigenvalue weighted by Gasteiger charge is 2.42. The van der Waals surface area contributed by atoms with Gasteiger partial charge in [-0.25, -0.2) is 0 Å². The first-order valence-electron chi connectivity index (χ1n) is 14.5. The van der Waals surface area contributed by atoms with Crippen LogP contribution in [0.15, 0.2) is 91.1 Å². The van der Waals surface area contributed by atoms with Crippen LogP contribution in [0.2, 0.25) is 0 Å². The summed E-state index contributed by atoms with van der Waals surface area (Å²) < 4.78 is 0. The Balaban J connectivity index is 1.53. The molecule has 1 aromatic heterocycles. The van der Waals surface area contributed by atoms with Gasteiger partial charge in [-0.05, 0) is 64.4 Å². The monoisotopic (exact) mass is 487 g/mol. The van der Waals surface area contributed by atoms with E-state index in [2.05, 4.69) is 97.7 Å². The molecule has 5 rings (SSSR count). The van der Waals surface area contributed by atoms with E-state index < -0.39 is 0 Å². The average molecular weight is 488 g/mol. The SMILES string of the molecule is CCCCCCC1(CCCCCC)c2ccccc2-c2ccc(-c3ccc(-c4ccccn4)cc3)cc21. The highest BCUT2D eigenvalue weighted by atomic mass is 14.7. The fourth-order valence-electron chi connectivity index (χ4n) is 6.37. The summed E-state index contributed by atoms with van der Waals surface area (Å²) in [5.74, 6) is 0. The number of hydrogen-bond donors (Lipinski definition) is 0. The number of fused-ring (bicyclic) bond motifs is 3. The van der Waals surface area contributed by atoms with Crippen LogP contribution in [0.25, 0.3) is 33.5 Å². The van der Waals surface area contributed by atoms with Crippen molar-refractivity contribution in [3.8, 4) is 33.5 Å². The molecule has 1 aliphatic carbocycles. The molecule has 0 N–H and O–H groups in total. The van der Waals surface area contributed by atoms with Crippen molar-refractivity contribution in [1.82, 2.24) is 4.98 Å². The van der Waals surface area contributed by atoms with Crippen LogP contribution >= 0.6 is 0 Å². The largest absolute Gasteiger partial charge is 0.256 e. The van der Waals surface area contributed by atoms with Crippen LogP contribution in [0, 0.1) is 0 Å². The Morgan fingerprint density at radius 3 is 1.84 bits per heavy atom. The fraction of sp³-hybridized carbons (Fsp3) is 0.361. The summed E-state index contributed by atoms with van der Waals surface area (Å²) in [6, 6.07) is 31.6. The molecule has 4 aromatic rings. The van der Waals surface area contributed by atoms with Crippen LogP contribution in [0.1, 0.15) is 89.2 Å². The van der Waals surface area contributed by atoms with Gasteiger partial charge in [-0.1, -0.05) is 132 Å². The van der Waals surface area contributed by atoms with E-state index in [9.17, 15) is 0 Å². The molecule has 0 saturated carbocycles. The molecule has 37 heavy (non-hydrogen) atoms. The number of hydrogen-bond acceptors (Lipinski definition) is 1. The molecule has 0 radical (unpaired) electrons. The second kappa shape index (κ2) is 11.9. The molecule has 0 amide bonds. The average Bonchev–Trinajstić information content (AvgIpc) is 3.23. The molecule has 0 bridgehead atoms. The Kier molecular flexibility index (Phi) is 8.19. The van der Waals surface area contributed by atoms with Crippen molar-refractivity contribution >= 4 is 0 Å². The maximum absolute atomic E-state index is 4.52. The van der Waals surface area contributed by atoms with Crippen LogP contribution in [-0.4, -0.2) is 4.98 Å². The fourth-order valence-corrected chi connectivity index (χ4v) is 6.37. The van der Waals surface area contributed by atoms with Crippen molar-refractivity contribution < 1.29 is 0 Å². The first-order chi connectivity index (χ1) is 18.3. The van der Waals surface area contributed by atoms with Gasteiger partial charge >= 0.3 is 0 Å². The molecule has 190 valence electrons. The van der Waals surface area contributed by atoms with Gasteiger partial charge in [0.25, 0.3) is 0 Å². The lowest BCUT2D eigenvalue weighted by atomic mass is 9.70. The quantitative estimate of drug-likeness (QED) is 0.181. The topological polar surface area (TPSA) is 12.9 Å². The molecule has 1 heteroatoms. The number of aromatic nitrogens is 1. The van der Waals surface area contributed by atoms with E-state index in [4.69, 9.17) is 0 Å². The van der Waals surface area contributed by atoms with Gasteiger partial charge in [-0.3, -0.25) is 4.98 Å². The van der Waals surface area contributed by atoms with E-state index >= 15 is 0 Å². The van der Waals surface area contributed by atoms with Gasteiger partial charge in [-0.15, -0.1) is 0 Å². The highest BCUT2D eigenvalue weighted by molar-refractivity contribution is 5.84. The maximum atomic E-state index is 4.52. The van der Waals surface area contributed by atoms with E-state index in [1.807, 2.05) is 12.3 Å². The molecule has 0 aliphatic heterocycles. The minimum Gasteiger partial charge on any atom is -0.256 e. The van der Waals surface area contributed by atoms with E-state index in [0.29, 0.717) is 0 Å². The summed E-state index contributed by atoms with van der Waals surface area (Å²) in [4.78, 5) is 4.52. The second-order valence-electron chi connectivity index (χ2n) is 10.8. The minimum atomic E-state index is 0.136. The number of nitrogens with zero attached hydrogens (tertiary/aromatic N) is 1. The van der Waals surface area contributed by atoms with E-state index in [1.54, 1.807) is 11.1 Å². The lowest BCUT2D eigenvalue weighted by Gasteiger charge is -2.33. The van der Waals surface area contributed by atoms with E-state index in [1.165, 1.54) is 92.0 Å². The lowest BCUT2D eigenvalue weighted by molar-refractivity contribution is 0.401. The summed E-state index contributed by atoms with van der Waals surface area (Å²) in [7, 11) is 0. The standard InChI is InChI=1S/C36H41N/c1-3-5-7-12-24-36(25-13-8-6-4-2)33-16-10-9-15-31(33)32-23-22-30(27-34(32)36)28-18-20-29(21-19-28)35-17-11-14-26-37-35/h9-11,14-23,26-27H,3-8,12-13,24-25H2,1-2H3. The van der Waals surface area contributed by atoms with Crippen molar-refractivity contribution in [3.05, 3.63) is 102 Å². The smallest absolute Gasteiger partial charge is 0.0701 e. The zero-order valence-electron chi connectivity index (χ0n) is 22.7. The number of benzene rings is 3. The van der Waals surface area contributed by atoms with Crippen LogP contribution in [-0.2, 0) is 5.41 Å². The minimum absolute atomic E-state index is 0.136. The summed E-state index contributed by atoms with van der Waals surface area (Å²) in [5.41, 5.74) is 11.0. The molecule has 1 aliphatic rings. The second-order valence-corrected chi connectivity index (χ2v) is 10.8. The van der Waals surface area contributed by atoms with Gasteiger partial charge in [0, 0.05) is 17.2 Å². The Bertz CT molecular complexity index is 1270. The van der Waals surface area contributed by atoms with Crippen LogP contribution in [0.3, 0.4) is 0 Å². The summed E-state index contributed by atoms with van der Waals surface area (Å²) in [6.07, 6.45) is 14.9. The van der Waals surface area contributed by atoms with Gasteiger partial charge in [0.15, 0.2) is 0 Å². The van der Waals surface area contributed by atoms with Crippen molar-refractivity contribution in [1.29, 1.82) is 0 Å². The molecule has 0 fully saturated rings. The predicted octanol–water partition coefficient (Wildman–Crippen LogP) is 10.6. The third-order valence-corrected chi connectivity index (χ3v) is 8.36. The molecule has 1 nitrogen and oxygen atoms in total. The maximum Gasteiger partial charge on any atom is 0.0701 e. The third kappa shape index (κ3) is 5.28. The third-order valence-electron chi connectivity index (χ3n) is 8.36. The summed E-state index contributed by atoms with van der Waals surface area (Å²) in [6.45, 7) is 4.62. The van der Waals surface area contributed by atoms with Crippen molar-refractivity contribution in [2.75, 3.05) is 0 Å². The zero-order valence-corrected chi connectivity index (χ0v) is 22.7. The molecule has 0 atom stereocenters. The van der Waals surface area contributed by atoms with E-state index in [0.717, 1.165) is 5.69 Å². The van der Waals surface area contributed by atoms with Crippen LogP contribution < -0.4 is 0 Å². The Morgan fingerprint density at radius 2 is 1.16 bits per heavy atom. The van der Waals surface area contributed by atoms with Crippen molar-refractivity contribution in [2.45, 2.75) is 83.5 Å². The summed E-state index contributed by atoms with van der Waals surface area (Å²) in [5, 5.41) is 0. The Morgan fingerprint density at radius 1 is 0.541 bits per heavy atom. The molecule has 3 aromatic carbocycles. The lowest BCUT2D eigenvalue weighted by Crippen LogP contribution is -2.25. The number of pyridine rings is 1. The molecule has 0 unspecified atom stereocenters. The molecular formula is C36H41N. The van der Waals surface area contributed by atoms with Crippen LogP contribution in [0.5, 0.6) is 0 Å². The summed E-state index contributed by atoms with van der Waals surface area (Å²) >= 11 is 0. The molecular weight excluding hydrogens is 446 g/mol. The van der Waals surface area contributed by atoms with Crippen LogP contribution in [0.4, 0.5) is 0 Å². The number of unbranched alkanes of at least 4 members (excludes halogenated alkanes) is 6. The van der Waals surface area contributed by atoms with Gasteiger partial charge in [0.05, 0.1) is 5.69 Å². The van der Waals surface area contributed by atoms with Gasteiger partial charge in [-0.2, -0.15) is 0 Å².